The van der Waals surface area contributed by atoms with Crippen LogP contribution in [0.2, 0.25) is 0 Å². The van der Waals surface area contributed by atoms with E-state index in [-0.39, 0.29) is 11.9 Å². The number of nitrogens with one attached hydrogen (secondary N) is 2. The zero-order valence-electron chi connectivity index (χ0n) is 12.2. The largest absolute Gasteiger partial charge is 0.358 e. The average molecular weight is 242 g/mol. The Bertz CT molecular complexity index is 204. The highest BCUT2D eigenvalue weighted by molar-refractivity contribution is 5.81. The van der Waals surface area contributed by atoms with E-state index in [0.29, 0.717) is 12.0 Å². The van der Waals surface area contributed by atoms with Crippen LogP contribution in [0, 0.1) is 5.92 Å². The van der Waals surface area contributed by atoms with Crippen LogP contribution in [0.3, 0.4) is 0 Å². The van der Waals surface area contributed by atoms with Gasteiger partial charge in [-0.05, 0) is 25.7 Å². The number of unbranched alkanes of at least 4 members (excludes halogenated alkanes) is 2. The molecule has 0 saturated heterocycles. The molecule has 0 aliphatic heterocycles. The van der Waals surface area contributed by atoms with Gasteiger partial charge in [-0.25, -0.2) is 0 Å². The van der Waals surface area contributed by atoms with Crippen molar-refractivity contribution in [3.8, 4) is 0 Å². The maximum atomic E-state index is 11.7. The summed E-state index contributed by atoms with van der Waals surface area (Å²) in [6.45, 7) is 8.69. The normalized spacial score (nSPS) is 14.7. The molecular weight excluding hydrogens is 212 g/mol. The smallest absolute Gasteiger partial charge is 0.236 e. The van der Waals surface area contributed by atoms with Crippen molar-refractivity contribution >= 4 is 5.91 Å². The van der Waals surface area contributed by atoms with Gasteiger partial charge in [0.05, 0.1) is 6.04 Å². The van der Waals surface area contributed by atoms with Crippen LogP contribution in [-0.2, 0) is 4.79 Å². The first-order chi connectivity index (χ1) is 8.01. The van der Waals surface area contributed by atoms with Gasteiger partial charge in [-0.1, -0.05) is 40.0 Å². The molecule has 0 aliphatic carbocycles. The van der Waals surface area contributed by atoms with E-state index in [1.165, 1.54) is 19.3 Å². The summed E-state index contributed by atoms with van der Waals surface area (Å²) >= 11 is 0. The fourth-order valence-electron chi connectivity index (χ4n) is 2.02. The number of likely N-dealkylation sites (N-methyl/N-ethyl adjacent to an activating group) is 1. The van der Waals surface area contributed by atoms with Crippen molar-refractivity contribution in [1.29, 1.82) is 0 Å². The maximum Gasteiger partial charge on any atom is 0.236 e. The van der Waals surface area contributed by atoms with Crippen LogP contribution in [0.4, 0.5) is 0 Å². The maximum absolute atomic E-state index is 11.7. The van der Waals surface area contributed by atoms with E-state index in [2.05, 4.69) is 38.3 Å². The van der Waals surface area contributed by atoms with Crippen molar-refractivity contribution < 1.29 is 4.79 Å². The minimum atomic E-state index is -0.0448. The minimum Gasteiger partial charge on any atom is -0.358 e. The molecule has 3 nitrogen and oxygen atoms in total. The molecule has 0 heterocycles. The average Bonchev–Trinajstić information content (AvgIpc) is 2.27. The molecule has 0 rings (SSSR count). The highest BCUT2D eigenvalue weighted by Crippen LogP contribution is 2.09. The number of rotatable bonds is 9. The lowest BCUT2D eigenvalue weighted by molar-refractivity contribution is -0.123. The Morgan fingerprint density at radius 1 is 1.18 bits per heavy atom. The van der Waals surface area contributed by atoms with Gasteiger partial charge in [0, 0.05) is 13.1 Å². The van der Waals surface area contributed by atoms with Crippen molar-refractivity contribution in [3.63, 3.8) is 0 Å². The zero-order valence-corrected chi connectivity index (χ0v) is 12.2. The monoisotopic (exact) mass is 242 g/mol. The third kappa shape index (κ3) is 8.19. The summed E-state index contributed by atoms with van der Waals surface area (Å²) in [5.41, 5.74) is 0. The molecule has 0 radical (unpaired) electrons. The molecule has 1 amide bonds. The van der Waals surface area contributed by atoms with Crippen LogP contribution < -0.4 is 10.6 Å². The highest BCUT2D eigenvalue weighted by Gasteiger charge is 2.19. The summed E-state index contributed by atoms with van der Waals surface area (Å²) < 4.78 is 0. The lowest BCUT2D eigenvalue weighted by atomic mass is 10.0. The summed E-state index contributed by atoms with van der Waals surface area (Å²) in [7, 11) is 1.71. The quantitative estimate of drug-likeness (QED) is 0.610. The van der Waals surface area contributed by atoms with Gasteiger partial charge in [-0.15, -0.1) is 0 Å². The third-order valence-electron chi connectivity index (χ3n) is 3.00. The molecule has 0 aliphatic rings. The Balaban J connectivity index is 4.08. The summed E-state index contributed by atoms with van der Waals surface area (Å²) in [4.78, 5) is 11.7. The minimum absolute atomic E-state index is 0.0448. The Labute approximate surface area is 107 Å². The predicted octanol–water partition coefficient (Wildman–Crippen LogP) is 2.71. The SMILES string of the molecule is CCCCCC(C)NC(CC(C)C)C(=O)NC. The molecule has 0 fully saturated rings. The van der Waals surface area contributed by atoms with Crippen molar-refractivity contribution in [1.82, 2.24) is 10.6 Å². The zero-order chi connectivity index (χ0) is 13.3. The molecule has 0 bridgehead atoms. The Kier molecular flexibility index (Phi) is 9.14. The van der Waals surface area contributed by atoms with Crippen molar-refractivity contribution in [3.05, 3.63) is 0 Å². The van der Waals surface area contributed by atoms with Crippen LogP contribution in [-0.4, -0.2) is 25.0 Å². The fraction of sp³-hybridized carbons (Fsp3) is 0.929. The third-order valence-corrected chi connectivity index (χ3v) is 3.00. The van der Waals surface area contributed by atoms with Crippen LogP contribution >= 0.6 is 0 Å². The van der Waals surface area contributed by atoms with Crippen LogP contribution in [0.5, 0.6) is 0 Å². The van der Waals surface area contributed by atoms with E-state index in [1.54, 1.807) is 7.05 Å². The van der Waals surface area contributed by atoms with Crippen molar-refractivity contribution in [2.24, 2.45) is 5.92 Å². The molecule has 2 atom stereocenters. The number of hydrogen-bond donors (Lipinski definition) is 2. The van der Waals surface area contributed by atoms with Gasteiger partial charge >= 0.3 is 0 Å². The molecule has 0 aromatic heterocycles. The van der Waals surface area contributed by atoms with Gasteiger partial charge in [0.25, 0.3) is 0 Å². The van der Waals surface area contributed by atoms with Gasteiger partial charge in [-0.2, -0.15) is 0 Å². The molecule has 0 aromatic rings. The van der Waals surface area contributed by atoms with Gasteiger partial charge in [0.2, 0.25) is 5.91 Å². The lowest BCUT2D eigenvalue weighted by Crippen LogP contribution is -2.47. The first-order valence-electron chi connectivity index (χ1n) is 6.98. The van der Waals surface area contributed by atoms with E-state index in [1.807, 2.05) is 0 Å². The van der Waals surface area contributed by atoms with E-state index < -0.39 is 0 Å². The number of hydrogen-bond acceptors (Lipinski definition) is 2. The van der Waals surface area contributed by atoms with E-state index in [9.17, 15) is 4.79 Å². The van der Waals surface area contributed by atoms with Crippen molar-refractivity contribution in [2.75, 3.05) is 7.05 Å². The molecule has 0 spiro atoms. The number of amides is 1. The molecule has 0 aromatic carbocycles. The van der Waals surface area contributed by atoms with E-state index >= 15 is 0 Å². The second kappa shape index (κ2) is 9.46. The fourth-order valence-corrected chi connectivity index (χ4v) is 2.02. The van der Waals surface area contributed by atoms with E-state index in [4.69, 9.17) is 0 Å². The summed E-state index contributed by atoms with van der Waals surface area (Å²) in [5, 5.41) is 6.19. The van der Waals surface area contributed by atoms with Gasteiger partial charge in [-0.3, -0.25) is 4.79 Å². The summed E-state index contributed by atoms with van der Waals surface area (Å²) in [6, 6.07) is 0.374. The first-order valence-corrected chi connectivity index (χ1v) is 6.98. The molecule has 17 heavy (non-hydrogen) atoms. The Morgan fingerprint density at radius 3 is 2.29 bits per heavy atom. The van der Waals surface area contributed by atoms with Gasteiger partial charge < -0.3 is 10.6 Å². The molecule has 3 heteroatoms. The molecular formula is C14H30N2O. The van der Waals surface area contributed by atoms with Gasteiger partial charge in [0.1, 0.15) is 0 Å². The second-order valence-corrected chi connectivity index (χ2v) is 5.36. The van der Waals surface area contributed by atoms with E-state index in [0.717, 1.165) is 12.8 Å². The molecule has 0 saturated carbocycles. The number of carbonyl (C=O) groups is 1. The first kappa shape index (κ1) is 16.4. The highest BCUT2D eigenvalue weighted by atomic mass is 16.2. The molecule has 102 valence electrons. The second-order valence-electron chi connectivity index (χ2n) is 5.36. The number of carbonyl (C=O) groups excluding carboxylic acids is 1. The van der Waals surface area contributed by atoms with Crippen molar-refractivity contribution in [2.45, 2.75) is 71.9 Å². The van der Waals surface area contributed by atoms with Crippen LogP contribution in [0.15, 0.2) is 0 Å². The Morgan fingerprint density at radius 2 is 1.82 bits per heavy atom. The summed E-state index contributed by atoms with van der Waals surface area (Å²) in [5.74, 6) is 0.647. The predicted molar refractivity (Wildman–Crippen MR) is 74.0 cm³/mol. The standard InChI is InChI=1S/C14H30N2O/c1-6-7-8-9-12(4)16-13(10-11(2)3)14(17)15-5/h11-13,16H,6-10H2,1-5H3,(H,15,17). The molecule has 2 N–H and O–H groups in total. The topological polar surface area (TPSA) is 41.1 Å². The molecule has 2 unspecified atom stereocenters. The van der Waals surface area contributed by atoms with Gasteiger partial charge in [0.15, 0.2) is 0 Å². The Hall–Kier alpha value is -0.570. The van der Waals surface area contributed by atoms with Crippen LogP contribution in [0.25, 0.3) is 0 Å². The lowest BCUT2D eigenvalue weighted by Gasteiger charge is -2.23. The summed E-state index contributed by atoms with van der Waals surface area (Å²) in [6.07, 6.45) is 5.82. The van der Waals surface area contributed by atoms with Crippen LogP contribution in [0.1, 0.15) is 59.8 Å².